The van der Waals surface area contributed by atoms with Crippen molar-refractivity contribution in [1.82, 2.24) is 20.6 Å². The average Bonchev–Trinajstić information content (AvgIpc) is 2.96. The predicted molar refractivity (Wildman–Crippen MR) is 89.5 cm³/mol. The molecule has 0 aliphatic rings. The lowest BCUT2D eigenvalue weighted by atomic mass is 10.2. The minimum absolute atomic E-state index is 0.612. The first-order chi connectivity index (χ1) is 10.7. The Kier molecular flexibility index (Phi) is 6.14. The van der Waals surface area contributed by atoms with Crippen LogP contribution in [0.3, 0.4) is 0 Å². The van der Waals surface area contributed by atoms with Crippen molar-refractivity contribution in [3.8, 4) is 5.88 Å². The molecule has 118 valence electrons. The zero-order valence-corrected chi connectivity index (χ0v) is 13.9. The number of hydrogen-bond acceptors (Lipinski definition) is 5. The molecule has 2 aromatic rings. The first-order valence-electron chi connectivity index (χ1n) is 7.06. The summed E-state index contributed by atoms with van der Waals surface area (Å²) < 4.78 is 5.11. The smallest absolute Gasteiger partial charge is 0.213 e. The zero-order valence-electron chi connectivity index (χ0n) is 13.1. The van der Waals surface area contributed by atoms with Crippen molar-refractivity contribution >= 4 is 17.3 Å². The summed E-state index contributed by atoms with van der Waals surface area (Å²) in [7, 11) is 3.37. The second-order valence-electron chi connectivity index (χ2n) is 4.67. The van der Waals surface area contributed by atoms with E-state index in [4.69, 9.17) is 4.74 Å². The molecule has 0 saturated carbocycles. The summed E-state index contributed by atoms with van der Waals surface area (Å²) in [6, 6.07) is 3.85. The number of pyridine rings is 1. The van der Waals surface area contributed by atoms with Crippen molar-refractivity contribution < 1.29 is 4.74 Å². The van der Waals surface area contributed by atoms with Crippen LogP contribution in [0.2, 0.25) is 0 Å². The maximum atomic E-state index is 5.11. The molecule has 0 saturated heterocycles. The molecule has 0 aliphatic heterocycles. The van der Waals surface area contributed by atoms with Gasteiger partial charge >= 0.3 is 0 Å². The van der Waals surface area contributed by atoms with E-state index in [-0.39, 0.29) is 0 Å². The summed E-state index contributed by atoms with van der Waals surface area (Å²) in [5, 5.41) is 7.69. The summed E-state index contributed by atoms with van der Waals surface area (Å²) in [5.74, 6) is 1.38. The number of guanidine groups is 1. The lowest BCUT2D eigenvalue weighted by Crippen LogP contribution is -2.37. The van der Waals surface area contributed by atoms with E-state index in [9.17, 15) is 0 Å². The van der Waals surface area contributed by atoms with Gasteiger partial charge < -0.3 is 15.4 Å². The van der Waals surface area contributed by atoms with Crippen LogP contribution < -0.4 is 15.4 Å². The van der Waals surface area contributed by atoms with E-state index in [1.54, 1.807) is 31.7 Å². The number of nitrogens with one attached hydrogen (secondary N) is 2. The minimum Gasteiger partial charge on any atom is -0.481 e. The third-order valence-corrected chi connectivity index (χ3v) is 3.96. The standard InChI is InChI=1S/C15H21N5OS/c1-11-9-19-14(22-11)5-7-18-15(16-2)20-10-12-4-6-17-13(8-12)21-3/h4,6,8-9H,5,7,10H2,1-3H3,(H2,16,18,20). The maximum Gasteiger partial charge on any atom is 0.213 e. The van der Waals surface area contributed by atoms with E-state index in [2.05, 4.69) is 32.5 Å². The fourth-order valence-corrected chi connectivity index (χ4v) is 2.67. The number of thiazole rings is 1. The Bertz CT molecular complexity index is 626. The molecule has 2 heterocycles. The van der Waals surface area contributed by atoms with Crippen LogP contribution >= 0.6 is 11.3 Å². The van der Waals surface area contributed by atoms with Gasteiger partial charge in [0.05, 0.1) is 12.1 Å². The minimum atomic E-state index is 0.612. The molecule has 6 nitrogen and oxygen atoms in total. The van der Waals surface area contributed by atoms with Gasteiger partial charge in [-0.1, -0.05) is 0 Å². The van der Waals surface area contributed by atoms with Crippen LogP contribution in [0.4, 0.5) is 0 Å². The zero-order chi connectivity index (χ0) is 15.8. The summed E-state index contributed by atoms with van der Waals surface area (Å²) in [5.41, 5.74) is 1.09. The lowest BCUT2D eigenvalue weighted by Gasteiger charge is -2.11. The van der Waals surface area contributed by atoms with Crippen molar-refractivity contribution in [2.24, 2.45) is 4.99 Å². The van der Waals surface area contributed by atoms with Crippen LogP contribution in [-0.2, 0) is 13.0 Å². The number of ether oxygens (including phenoxy) is 1. The normalized spacial score (nSPS) is 11.3. The summed E-state index contributed by atoms with van der Waals surface area (Å²) in [6.07, 6.45) is 4.53. The molecule has 2 aromatic heterocycles. The van der Waals surface area contributed by atoms with Crippen LogP contribution in [0.5, 0.6) is 5.88 Å². The molecule has 2 N–H and O–H groups in total. The monoisotopic (exact) mass is 319 g/mol. The Morgan fingerprint density at radius 1 is 1.36 bits per heavy atom. The summed E-state index contributed by atoms with van der Waals surface area (Å²) in [4.78, 5) is 13.9. The number of nitrogens with zero attached hydrogens (tertiary/aromatic N) is 3. The first kappa shape index (κ1) is 16.2. The molecule has 0 amide bonds. The van der Waals surface area contributed by atoms with Gasteiger partial charge in [-0.2, -0.15) is 0 Å². The largest absolute Gasteiger partial charge is 0.481 e. The van der Waals surface area contributed by atoms with Crippen LogP contribution in [0.25, 0.3) is 0 Å². The Balaban J connectivity index is 1.77. The quantitative estimate of drug-likeness (QED) is 0.627. The van der Waals surface area contributed by atoms with E-state index < -0.39 is 0 Å². The number of hydrogen-bond donors (Lipinski definition) is 2. The van der Waals surface area contributed by atoms with Crippen molar-refractivity contribution in [3.05, 3.63) is 40.0 Å². The Hall–Kier alpha value is -2.15. The van der Waals surface area contributed by atoms with Crippen LogP contribution in [0.15, 0.2) is 29.5 Å². The molecule has 0 bridgehead atoms. The molecule has 0 radical (unpaired) electrons. The molecule has 0 unspecified atom stereocenters. The second-order valence-corrected chi connectivity index (χ2v) is 5.99. The number of methoxy groups -OCH3 is 1. The molecular weight excluding hydrogens is 298 g/mol. The van der Waals surface area contributed by atoms with E-state index in [0.717, 1.165) is 29.5 Å². The molecule has 0 atom stereocenters. The van der Waals surface area contributed by atoms with E-state index in [0.29, 0.717) is 12.4 Å². The fraction of sp³-hybridized carbons (Fsp3) is 0.400. The van der Waals surface area contributed by atoms with Gasteiger partial charge in [0.15, 0.2) is 5.96 Å². The van der Waals surface area contributed by atoms with Gasteiger partial charge in [0.2, 0.25) is 5.88 Å². The molecule has 22 heavy (non-hydrogen) atoms. The van der Waals surface area contributed by atoms with E-state index >= 15 is 0 Å². The summed E-state index contributed by atoms with van der Waals surface area (Å²) >= 11 is 1.73. The van der Waals surface area contributed by atoms with Gasteiger partial charge in [0, 0.05) is 49.9 Å². The Labute approximate surface area is 134 Å². The lowest BCUT2D eigenvalue weighted by molar-refractivity contribution is 0.397. The van der Waals surface area contributed by atoms with Crippen LogP contribution in [-0.4, -0.2) is 36.6 Å². The van der Waals surface area contributed by atoms with Crippen molar-refractivity contribution in [2.75, 3.05) is 20.7 Å². The molecule has 7 heteroatoms. The Morgan fingerprint density at radius 3 is 2.91 bits per heavy atom. The molecular formula is C15H21N5OS. The van der Waals surface area contributed by atoms with Gasteiger partial charge in [-0.25, -0.2) is 9.97 Å². The van der Waals surface area contributed by atoms with Gasteiger partial charge in [-0.05, 0) is 18.6 Å². The van der Waals surface area contributed by atoms with Gasteiger partial charge in [-0.3, -0.25) is 4.99 Å². The highest BCUT2D eigenvalue weighted by Crippen LogP contribution is 2.11. The third-order valence-electron chi connectivity index (χ3n) is 2.99. The highest BCUT2D eigenvalue weighted by atomic mass is 32.1. The maximum absolute atomic E-state index is 5.11. The molecule has 0 aliphatic carbocycles. The van der Waals surface area contributed by atoms with Crippen molar-refractivity contribution in [3.63, 3.8) is 0 Å². The number of aliphatic imine (C=N–C) groups is 1. The average molecular weight is 319 g/mol. The predicted octanol–water partition coefficient (Wildman–Crippen LogP) is 1.76. The number of rotatable bonds is 6. The molecule has 0 spiro atoms. The van der Waals surface area contributed by atoms with E-state index in [1.165, 1.54) is 4.88 Å². The second kappa shape index (κ2) is 8.33. The Morgan fingerprint density at radius 2 is 2.23 bits per heavy atom. The topological polar surface area (TPSA) is 71.4 Å². The van der Waals surface area contributed by atoms with Crippen LogP contribution in [0.1, 0.15) is 15.4 Å². The van der Waals surface area contributed by atoms with Gasteiger partial charge in [-0.15, -0.1) is 11.3 Å². The highest BCUT2D eigenvalue weighted by Gasteiger charge is 2.02. The third kappa shape index (κ3) is 5.00. The molecule has 0 aromatic carbocycles. The van der Waals surface area contributed by atoms with Crippen molar-refractivity contribution in [2.45, 2.75) is 19.9 Å². The fourth-order valence-electron chi connectivity index (χ4n) is 1.88. The van der Waals surface area contributed by atoms with Gasteiger partial charge in [0.25, 0.3) is 0 Å². The van der Waals surface area contributed by atoms with Crippen molar-refractivity contribution in [1.29, 1.82) is 0 Å². The summed E-state index contributed by atoms with van der Waals surface area (Å²) in [6.45, 7) is 3.53. The molecule has 0 fully saturated rings. The number of aromatic nitrogens is 2. The number of aryl methyl sites for hydroxylation is 1. The SMILES string of the molecule is CN=C(NCCc1ncc(C)s1)NCc1ccnc(OC)c1. The van der Waals surface area contributed by atoms with Crippen LogP contribution in [0, 0.1) is 6.92 Å². The molecule has 2 rings (SSSR count). The highest BCUT2D eigenvalue weighted by molar-refractivity contribution is 7.11. The van der Waals surface area contributed by atoms with E-state index in [1.807, 2.05) is 18.3 Å². The first-order valence-corrected chi connectivity index (χ1v) is 7.87. The van der Waals surface area contributed by atoms with Gasteiger partial charge in [0.1, 0.15) is 0 Å².